The fourth-order valence-corrected chi connectivity index (χ4v) is 3.30. The molecule has 18 heavy (non-hydrogen) atoms. The molecule has 1 aromatic rings. The number of carbonyl (C=O) groups excluding carboxylic acids is 1. The fraction of sp³-hybridized carbons (Fsp3) is 0.692. The number of hydrogen-bond acceptors (Lipinski definition) is 4. The molecule has 2 fully saturated rings. The molecule has 0 radical (unpaired) electrons. The number of hydrogen-bond donors (Lipinski definition) is 1. The summed E-state index contributed by atoms with van der Waals surface area (Å²) in [5, 5.41) is 4.14. The van der Waals surface area contributed by atoms with Gasteiger partial charge in [-0.15, -0.1) is 11.3 Å². The van der Waals surface area contributed by atoms with Crippen LogP contribution in [0.3, 0.4) is 0 Å². The SMILES string of the molecule is Cc1nc(CC2CC2)sc1C(=O)N[C@@H]1CCOC1. The first kappa shape index (κ1) is 12.1. The summed E-state index contributed by atoms with van der Waals surface area (Å²) in [7, 11) is 0. The summed E-state index contributed by atoms with van der Waals surface area (Å²) in [5.41, 5.74) is 0.868. The van der Waals surface area contributed by atoms with Crippen LogP contribution in [0.4, 0.5) is 0 Å². The zero-order valence-electron chi connectivity index (χ0n) is 10.6. The van der Waals surface area contributed by atoms with Crippen molar-refractivity contribution in [2.24, 2.45) is 5.92 Å². The highest BCUT2D eigenvalue weighted by Crippen LogP contribution is 2.34. The lowest BCUT2D eigenvalue weighted by Crippen LogP contribution is -2.34. The van der Waals surface area contributed by atoms with Crippen molar-refractivity contribution in [1.29, 1.82) is 0 Å². The molecule has 1 aromatic heterocycles. The Kier molecular flexibility index (Phi) is 3.35. The summed E-state index contributed by atoms with van der Waals surface area (Å²) in [5.74, 6) is 0.831. The summed E-state index contributed by atoms with van der Waals surface area (Å²) in [6, 6.07) is 0.172. The minimum atomic E-state index is 0.0162. The van der Waals surface area contributed by atoms with Crippen molar-refractivity contribution in [3.8, 4) is 0 Å². The van der Waals surface area contributed by atoms with Crippen molar-refractivity contribution < 1.29 is 9.53 Å². The van der Waals surface area contributed by atoms with Crippen molar-refractivity contribution in [2.75, 3.05) is 13.2 Å². The van der Waals surface area contributed by atoms with E-state index in [9.17, 15) is 4.79 Å². The van der Waals surface area contributed by atoms with Gasteiger partial charge in [0.1, 0.15) is 4.88 Å². The number of rotatable bonds is 4. The molecule has 1 aliphatic carbocycles. The number of thiazole rings is 1. The van der Waals surface area contributed by atoms with E-state index in [1.54, 1.807) is 11.3 Å². The van der Waals surface area contributed by atoms with Crippen molar-refractivity contribution in [1.82, 2.24) is 10.3 Å². The van der Waals surface area contributed by atoms with Gasteiger partial charge in [-0.3, -0.25) is 4.79 Å². The lowest BCUT2D eigenvalue weighted by Gasteiger charge is -2.09. The van der Waals surface area contributed by atoms with E-state index in [0.717, 1.165) is 40.9 Å². The quantitative estimate of drug-likeness (QED) is 0.906. The molecule has 4 nitrogen and oxygen atoms in total. The fourth-order valence-electron chi connectivity index (χ4n) is 2.22. The number of aromatic nitrogens is 1. The average Bonchev–Trinajstić information content (AvgIpc) is 2.85. The summed E-state index contributed by atoms with van der Waals surface area (Å²) >= 11 is 1.56. The second-order valence-corrected chi connectivity index (χ2v) is 6.29. The first-order valence-corrected chi connectivity index (χ1v) is 7.39. The molecule has 3 rings (SSSR count). The van der Waals surface area contributed by atoms with Crippen LogP contribution in [-0.2, 0) is 11.2 Å². The largest absolute Gasteiger partial charge is 0.379 e. The first-order chi connectivity index (χ1) is 8.72. The Morgan fingerprint density at radius 1 is 1.50 bits per heavy atom. The number of amides is 1. The van der Waals surface area contributed by atoms with Crippen LogP contribution in [0.15, 0.2) is 0 Å². The van der Waals surface area contributed by atoms with E-state index >= 15 is 0 Å². The number of ether oxygens (including phenoxy) is 1. The molecular weight excluding hydrogens is 248 g/mol. The van der Waals surface area contributed by atoms with E-state index in [1.165, 1.54) is 12.8 Å². The van der Waals surface area contributed by atoms with E-state index in [-0.39, 0.29) is 11.9 Å². The van der Waals surface area contributed by atoms with E-state index < -0.39 is 0 Å². The van der Waals surface area contributed by atoms with E-state index in [4.69, 9.17) is 4.74 Å². The van der Waals surface area contributed by atoms with Crippen LogP contribution in [-0.4, -0.2) is 30.1 Å². The van der Waals surface area contributed by atoms with Gasteiger partial charge in [0.05, 0.1) is 23.4 Å². The van der Waals surface area contributed by atoms with Crippen LogP contribution in [0.1, 0.15) is 39.6 Å². The maximum atomic E-state index is 12.1. The molecule has 1 saturated heterocycles. The Bertz CT molecular complexity index is 448. The summed E-state index contributed by atoms with van der Waals surface area (Å²) in [4.78, 5) is 17.4. The lowest BCUT2D eigenvalue weighted by atomic mass is 10.2. The van der Waals surface area contributed by atoms with Crippen LogP contribution in [0.5, 0.6) is 0 Å². The van der Waals surface area contributed by atoms with Gasteiger partial charge in [-0.05, 0) is 32.1 Å². The summed E-state index contributed by atoms with van der Waals surface area (Å²) < 4.78 is 5.26. The van der Waals surface area contributed by atoms with Crippen molar-refractivity contribution in [2.45, 2.75) is 38.6 Å². The molecule has 5 heteroatoms. The van der Waals surface area contributed by atoms with Gasteiger partial charge in [0, 0.05) is 13.0 Å². The van der Waals surface area contributed by atoms with Crippen LogP contribution in [0.2, 0.25) is 0 Å². The third-order valence-corrected chi connectivity index (χ3v) is 4.65. The maximum absolute atomic E-state index is 12.1. The smallest absolute Gasteiger partial charge is 0.263 e. The van der Waals surface area contributed by atoms with E-state index in [2.05, 4.69) is 10.3 Å². The monoisotopic (exact) mass is 266 g/mol. The zero-order chi connectivity index (χ0) is 12.5. The molecule has 1 saturated carbocycles. The third kappa shape index (κ3) is 2.72. The van der Waals surface area contributed by atoms with Crippen molar-refractivity contribution >= 4 is 17.2 Å². The number of nitrogens with zero attached hydrogens (tertiary/aromatic N) is 1. The van der Waals surface area contributed by atoms with Crippen molar-refractivity contribution in [3.05, 3.63) is 15.6 Å². The second-order valence-electron chi connectivity index (χ2n) is 5.20. The van der Waals surface area contributed by atoms with Gasteiger partial charge in [0.2, 0.25) is 0 Å². The number of nitrogens with one attached hydrogen (secondary N) is 1. The molecule has 0 aromatic carbocycles. The Balaban J connectivity index is 1.65. The molecule has 2 heterocycles. The minimum absolute atomic E-state index is 0.0162. The van der Waals surface area contributed by atoms with Gasteiger partial charge in [0.15, 0.2) is 0 Å². The Morgan fingerprint density at radius 3 is 3.00 bits per heavy atom. The molecular formula is C13H18N2O2S. The molecule has 0 bridgehead atoms. The molecule has 1 N–H and O–H groups in total. The highest BCUT2D eigenvalue weighted by atomic mass is 32.1. The maximum Gasteiger partial charge on any atom is 0.263 e. The standard InChI is InChI=1S/C13H18N2O2S/c1-8-12(13(16)15-10-4-5-17-7-10)18-11(14-8)6-9-2-3-9/h9-10H,2-7H2,1H3,(H,15,16)/t10-/m1/s1. The Hall–Kier alpha value is -0.940. The van der Waals surface area contributed by atoms with Crippen molar-refractivity contribution in [3.63, 3.8) is 0 Å². The predicted molar refractivity (Wildman–Crippen MR) is 70.0 cm³/mol. The highest BCUT2D eigenvalue weighted by Gasteiger charge is 2.25. The molecule has 1 atom stereocenters. The highest BCUT2D eigenvalue weighted by molar-refractivity contribution is 7.13. The number of aryl methyl sites for hydroxylation is 1. The summed E-state index contributed by atoms with van der Waals surface area (Å²) in [6.07, 6.45) is 4.60. The minimum Gasteiger partial charge on any atom is -0.379 e. The Labute approximate surface area is 111 Å². The van der Waals surface area contributed by atoms with Gasteiger partial charge in [-0.2, -0.15) is 0 Å². The Morgan fingerprint density at radius 2 is 2.33 bits per heavy atom. The zero-order valence-corrected chi connectivity index (χ0v) is 11.4. The molecule has 0 spiro atoms. The number of carbonyl (C=O) groups is 1. The molecule has 0 unspecified atom stereocenters. The van der Waals surface area contributed by atoms with Gasteiger partial charge >= 0.3 is 0 Å². The van der Waals surface area contributed by atoms with E-state index in [1.807, 2.05) is 6.92 Å². The van der Waals surface area contributed by atoms with Crippen LogP contribution in [0, 0.1) is 12.8 Å². The van der Waals surface area contributed by atoms with Gasteiger partial charge in [-0.25, -0.2) is 4.98 Å². The van der Waals surface area contributed by atoms with E-state index in [0.29, 0.717) is 6.61 Å². The van der Waals surface area contributed by atoms with Crippen LogP contribution in [0.25, 0.3) is 0 Å². The predicted octanol–water partition coefficient (Wildman–Crippen LogP) is 1.92. The lowest BCUT2D eigenvalue weighted by molar-refractivity contribution is 0.0933. The molecule has 98 valence electrons. The second kappa shape index (κ2) is 4.97. The topological polar surface area (TPSA) is 51.2 Å². The first-order valence-electron chi connectivity index (χ1n) is 6.57. The van der Waals surface area contributed by atoms with Crippen LogP contribution >= 0.6 is 11.3 Å². The van der Waals surface area contributed by atoms with Gasteiger partial charge in [0.25, 0.3) is 5.91 Å². The third-order valence-electron chi connectivity index (χ3n) is 3.47. The normalized spacial score (nSPS) is 23.3. The molecule has 1 aliphatic heterocycles. The average molecular weight is 266 g/mol. The molecule has 2 aliphatic rings. The van der Waals surface area contributed by atoms with Gasteiger partial charge < -0.3 is 10.1 Å². The summed E-state index contributed by atoms with van der Waals surface area (Å²) in [6.45, 7) is 3.31. The van der Waals surface area contributed by atoms with Gasteiger partial charge in [-0.1, -0.05) is 0 Å². The van der Waals surface area contributed by atoms with Crippen LogP contribution < -0.4 is 5.32 Å². The molecule has 1 amide bonds.